The molecule has 0 spiro atoms. The van der Waals surface area contributed by atoms with Gasteiger partial charge in [-0.05, 0) is 43.5 Å². The number of nitrogens with two attached hydrogens (primary N) is 1. The van der Waals surface area contributed by atoms with E-state index in [1.165, 1.54) is 5.56 Å². The minimum absolute atomic E-state index is 0.167. The number of aryl methyl sites for hydroxylation is 1. The second kappa shape index (κ2) is 6.86. The zero-order chi connectivity index (χ0) is 13.6. The molecule has 1 heterocycles. The number of hydrogen-bond acceptors (Lipinski definition) is 3. The number of nitrogens with zero attached hydrogens (tertiary/aromatic N) is 2. The SMILES string of the molecule is CCCN(Cc1ccc(C)cn1)CC(C)(C)CN. The van der Waals surface area contributed by atoms with Crippen molar-refractivity contribution in [2.75, 3.05) is 19.6 Å². The van der Waals surface area contributed by atoms with Crippen LogP contribution in [0.2, 0.25) is 0 Å². The summed E-state index contributed by atoms with van der Waals surface area (Å²) in [5.74, 6) is 0. The molecule has 0 bridgehead atoms. The zero-order valence-electron chi connectivity index (χ0n) is 12.2. The van der Waals surface area contributed by atoms with Crippen molar-refractivity contribution in [2.45, 2.75) is 40.7 Å². The standard InChI is InChI=1S/C15H27N3/c1-5-8-18(12-15(3,4)11-16)10-14-7-6-13(2)9-17-14/h6-7,9H,5,8,10-12,16H2,1-4H3. The minimum atomic E-state index is 0.167. The van der Waals surface area contributed by atoms with Gasteiger partial charge in [-0.2, -0.15) is 0 Å². The van der Waals surface area contributed by atoms with Crippen LogP contribution in [0, 0.1) is 12.3 Å². The van der Waals surface area contributed by atoms with Crippen molar-refractivity contribution in [2.24, 2.45) is 11.1 Å². The van der Waals surface area contributed by atoms with Gasteiger partial charge in [0.2, 0.25) is 0 Å². The smallest absolute Gasteiger partial charge is 0.0544 e. The number of hydrogen-bond donors (Lipinski definition) is 1. The quantitative estimate of drug-likeness (QED) is 0.807. The third-order valence-electron chi connectivity index (χ3n) is 3.10. The highest BCUT2D eigenvalue weighted by atomic mass is 15.1. The maximum absolute atomic E-state index is 5.82. The van der Waals surface area contributed by atoms with Gasteiger partial charge in [0.15, 0.2) is 0 Å². The summed E-state index contributed by atoms with van der Waals surface area (Å²) in [6.45, 7) is 12.5. The second-order valence-corrected chi connectivity index (χ2v) is 5.91. The monoisotopic (exact) mass is 249 g/mol. The summed E-state index contributed by atoms with van der Waals surface area (Å²) < 4.78 is 0. The first kappa shape index (κ1) is 15.1. The molecular weight excluding hydrogens is 222 g/mol. The van der Waals surface area contributed by atoms with E-state index in [1.807, 2.05) is 6.20 Å². The van der Waals surface area contributed by atoms with Crippen LogP contribution in [0.3, 0.4) is 0 Å². The normalized spacial score (nSPS) is 12.1. The summed E-state index contributed by atoms with van der Waals surface area (Å²) in [6, 6.07) is 4.24. The van der Waals surface area contributed by atoms with Crippen LogP contribution in [-0.2, 0) is 6.54 Å². The van der Waals surface area contributed by atoms with Crippen LogP contribution in [0.15, 0.2) is 18.3 Å². The lowest BCUT2D eigenvalue weighted by atomic mass is 9.93. The molecule has 1 rings (SSSR count). The van der Waals surface area contributed by atoms with Crippen LogP contribution in [0.4, 0.5) is 0 Å². The molecule has 3 nitrogen and oxygen atoms in total. The first-order chi connectivity index (χ1) is 8.46. The summed E-state index contributed by atoms with van der Waals surface area (Å²) in [5.41, 5.74) is 8.34. The molecular formula is C15H27N3. The Kier molecular flexibility index (Phi) is 5.76. The summed E-state index contributed by atoms with van der Waals surface area (Å²) in [6.07, 6.45) is 3.10. The van der Waals surface area contributed by atoms with E-state index in [0.717, 1.165) is 31.7 Å². The van der Waals surface area contributed by atoms with Gasteiger partial charge in [-0.3, -0.25) is 9.88 Å². The van der Waals surface area contributed by atoms with Crippen molar-refractivity contribution in [1.29, 1.82) is 0 Å². The predicted molar refractivity (Wildman–Crippen MR) is 77.4 cm³/mol. The van der Waals surface area contributed by atoms with Crippen LogP contribution in [0.1, 0.15) is 38.4 Å². The van der Waals surface area contributed by atoms with Gasteiger partial charge in [0.1, 0.15) is 0 Å². The molecule has 2 N–H and O–H groups in total. The topological polar surface area (TPSA) is 42.2 Å². The summed E-state index contributed by atoms with van der Waals surface area (Å²) in [5, 5.41) is 0. The largest absolute Gasteiger partial charge is 0.330 e. The Bertz CT molecular complexity index is 343. The van der Waals surface area contributed by atoms with E-state index in [0.29, 0.717) is 6.54 Å². The van der Waals surface area contributed by atoms with Gasteiger partial charge in [0, 0.05) is 19.3 Å². The molecule has 0 saturated heterocycles. The van der Waals surface area contributed by atoms with Crippen molar-refractivity contribution in [1.82, 2.24) is 9.88 Å². The molecule has 0 amide bonds. The van der Waals surface area contributed by atoms with Gasteiger partial charge < -0.3 is 5.73 Å². The highest BCUT2D eigenvalue weighted by Gasteiger charge is 2.20. The van der Waals surface area contributed by atoms with Gasteiger partial charge >= 0.3 is 0 Å². The summed E-state index contributed by atoms with van der Waals surface area (Å²) >= 11 is 0. The van der Waals surface area contributed by atoms with E-state index < -0.39 is 0 Å². The van der Waals surface area contributed by atoms with Crippen LogP contribution in [0.25, 0.3) is 0 Å². The molecule has 0 radical (unpaired) electrons. The number of aromatic nitrogens is 1. The fourth-order valence-electron chi connectivity index (χ4n) is 2.02. The molecule has 0 aromatic carbocycles. The summed E-state index contributed by atoms with van der Waals surface area (Å²) in [4.78, 5) is 6.93. The summed E-state index contributed by atoms with van der Waals surface area (Å²) in [7, 11) is 0. The number of pyridine rings is 1. The molecule has 0 aliphatic heterocycles. The van der Waals surface area contributed by atoms with Crippen molar-refractivity contribution in [3.63, 3.8) is 0 Å². The van der Waals surface area contributed by atoms with Gasteiger partial charge in [-0.25, -0.2) is 0 Å². The zero-order valence-corrected chi connectivity index (χ0v) is 12.2. The molecule has 3 heteroatoms. The molecule has 1 aromatic rings. The maximum Gasteiger partial charge on any atom is 0.0544 e. The van der Waals surface area contributed by atoms with Crippen LogP contribution in [0.5, 0.6) is 0 Å². The lowest BCUT2D eigenvalue weighted by molar-refractivity contribution is 0.174. The maximum atomic E-state index is 5.82. The van der Waals surface area contributed by atoms with Crippen molar-refractivity contribution in [3.8, 4) is 0 Å². The highest BCUT2D eigenvalue weighted by molar-refractivity contribution is 5.12. The van der Waals surface area contributed by atoms with E-state index >= 15 is 0 Å². The van der Waals surface area contributed by atoms with Crippen LogP contribution in [-0.4, -0.2) is 29.5 Å². The van der Waals surface area contributed by atoms with Crippen LogP contribution < -0.4 is 5.73 Å². The lowest BCUT2D eigenvalue weighted by Gasteiger charge is -2.31. The van der Waals surface area contributed by atoms with E-state index in [4.69, 9.17) is 5.73 Å². The van der Waals surface area contributed by atoms with E-state index in [9.17, 15) is 0 Å². The second-order valence-electron chi connectivity index (χ2n) is 5.91. The Balaban J connectivity index is 2.65. The van der Waals surface area contributed by atoms with Crippen molar-refractivity contribution >= 4 is 0 Å². The fourth-order valence-corrected chi connectivity index (χ4v) is 2.02. The first-order valence-corrected chi connectivity index (χ1v) is 6.81. The molecule has 0 aliphatic carbocycles. The third kappa shape index (κ3) is 5.15. The Morgan fingerprint density at radius 2 is 2.06 bits per heavy atom. The molecule has 1 aromatic heterocycles. The van der Waals surface area contributed by atoms with Gasteiger partial charge in [0.05, 0.1) is 5.69 Å². The van der Waals surface area contributed by atoms with Crippen molar-refractivity contribution in [3.05, 3.63) is 29.6 Å². The highest BCUT2D eigenvalue weighted by Crippen LogP contribution is 2.16. The Labute approximate surface area is 111 Å². The van der Waals surface area contributed by atoms with E-state index in [-0.39, 0.29) is 5.41 Å². The van der Waals surface area contributed by atoms with E-state index in [2.05, 4.69) is 49.7 Å². The molecule has 0 atom stereocenters. The van der Waals surface area contributed by atoms with Gasteiger partial charge in [-0.1, -0.05) is 26.8 Å². The average Bonchev–Trinajstić information content (AvgIpc) is 2.32. The third-order valence-corrected chi connectivity index (χ3v) is 3.10. The molecule has 0 saturated carbocycles. The van der Waals surface area contributed by atoms with Gasteiger partial charge in [0.25, 0.3) is 0 Å². The number of rotatable bonds is 7. The predicted octanol–water partition coefficient (Wildman–Crippen LogP) is 2.59. The molecule has 0 aliphatic rings. The molecule has 0 unspecified atom stereocenters. The van der Waals surface area contributed by atoms with Crippen molar-refractivity contribution < 1.29 is 0 Å². The minimum Gasteiger partial charge on any atom is -0.330 e. The Hall–Kier alpha value is -0.930. The Morgan fingerprint density at radius 3 is 2.56 bits per heavy atom. The molecule has 18 heavy (non-hydrogen) atoms. The van der Waals surface area contributed by atoms with Crippen LogP contribution >= 0.6 is 0 Å². The molecule has 102 valence electrons. The molecule has 0 fully saturated rings. The average molecular weight is 249 g/mol. The fraction of sp³-hybridized carbons (Fsp3) is 0.667. The first-order valence-electron chi connectivity index (χ1n) is 6.81. The van der Waals surface area contributed by atoms with E-state index in [1.54, 1.807) is 0 Å². The lowest BCUT2D eigenvalue weighted by Crippen LogP contribution is -2.39. The van der Waals surface area contributed by atoms with Gasteiger partial charge in [-0.15, -0.1) is 0 Å². The Morgan fingerprint density at radius 1 is 1.33 bits per heavy atom.